The van der Waals surface area contributed by atoms with Gasteiger partial charge in [0.25, 0.3) is 5.91 Å². The first kappa shape index (κ1) is 13.9. The lowest BCUT2D eigenvalue weighted by Crippen LogP contribution is -2.30. The van der Waals surface area contributed by atoms with Gasteiger partial charge in [0.15, 0.2) is 0 Å². The molecule has 0 spiro atoms. The molecule has 0 radical (unpaired) electrons. The number of carbonyl (C=O) groups excluding carboxylic acids is 1. The molecule has 1 aliphatic rings. The van der Waals surface area contributed by atoms with Crippen molar-refractivity contribution in [1.29, 1.82) is 0 Å². The molecule has 4 rings (SSSR count). The van der Waals surface area contributed by atoms with E-state index in [0.29, 0.717) is 0 Å². The molecule has 2 aromatic carbocycles. The predicted octanol–water partition coefficient (Wildman–Crippen LogP) is 4.21. The fraction of sp³-hybridized carbons (Fsp3) is 0.200. The van der Waals surface area contributed by atoms with Crippen molar-refractivity contribution in [2.24, 2.45) is 0 Å². The maximum Gasteiger partial charge on any atom is 0.254 e. The zero-order valence-electron chi connectivity index (χ0n) is 12.9. The Morgan fingerprint density at radius 1 is 1.04 bits per heavy atom. The van der Waals surface area contributed by atoms with Crippen LogP contribution in [0.5, 0.6) is 0 Å². The molecular formula is C20H18N2O. The molecule has 2 heterocycles. The van der Waals surface area contributed by atoms with Crippen molar-refractivity contribution in [2.75, 3.05) is 6.54 Å². The zero-order chi connectivity index (χ0) is 15.6. The minimum absolute atomic E-state index is 0.113. The largest absolute Gasteiger partial charge is 0.332 e. The third kappa shape index (κ3) is 2.59. The van der Waals surface area contributed by atoms with Crippen LogP contribution in [0.25, 0.3) is 10.8 Å². The highest BCUT2D eigenvalue weighted by Crippen LogP contribution is 2.33. The molecule has 3 nitrogen and oxygen atoms in total. The summed E-state index contributed by atoms with van der Waals surface area (Å²) in [6, 6.07) is 18.2. The Bertz CT molecular complexity index is 844. The Balaban J connectivity index is 1.66. The van der Waals surface area contributed by atoms with Gasteiger partial charge in [0.05, 0.1) is 6.04 Å². The lowest BCUT2D eigenvalue weighted by atomic mass is 10.0. The van der Waals surface area contributed by atoms with Crippen LogP contribution in [0.1, 0.15) is 34.8 Å². The molecule has 0 bridgehead atoms. The van der Waals surface area contributed by atoms with Crippen LogP contribution >= 0.6 is 0 Å². The third-order valence-electron chi connectivity index (χ3n) is 4.58. The summed E-state index contributed by atoms with van der Waals surface area (Å²) in [4.78, 5) is 19.2. The SMILES string of the molecule is O=C(c1ccc2ccccc2c1)N1CCC[C@@H]1c1cccnc1. The van der Waals surface area contributed by atoms with E-state index in [1.54, 1.807) is 6.20 Å². The Hall–Kier alpha value is -2.68. The second-order valence-electron chi connectivity index (χ2n) is 6.00. The maximum absolute atomic E-state index is 13.0. The van der Waals surface area contributed by atoms with Crippen LogP contribution < -0.4 is 0 Å². The Morgan fingerprint density at radius 2 is 1.91 bits per heavy atom. The number of nitrogens with zero attached hydrogens (tertiary/aromatic N) is 2. The van der Waals surface area contributed by atoms with E-state index in [1.165, 1.54) is 0 Å². The maximum atomic E-state index is 13.0. The fourth-order valence-electron chi connectivity index (χ4n) is 3.42. The van der Waals surface area contributed by atoms with Gasteiger partial charge in [-0.15, -0.1) is 0 Å². The summed E-state index contributed by atoms with van der Waals surface area (Å²) in [5.74, 6) is 0.113. The van der Waals surface area contributed by atoms with Crippen LogP contribution in [-0.4, -0.2) is 22.3 Å². The first-order chi connectivity index (χ1) is 11.3. The molecule has 0 unspecified atom stereocenters. The molecule has 1 aliphatic heterocycles. The molecular weight excluding hydrogens is 284 g/mol. The van der Waals surface area contributed by atoms with Crippen molar-refractivity contribution in [1.82, 2.24) is 9.88 Å². The molecule has 1 fully saturated rings. The van der Waals surface area contributed by atoms with Crippen molar-refractivity contribution in [2.45, 2.75) is 18.9 Å². The molecule has 1 saturated heterocycles. The highest BCUT2D eigenvalue weighted by atomic mass is 16.2. The summed E-state index contributed by atoms with van der Waals surface area (Å²) >= 11 is 0. The third-order valence-corrected chi connectivity index (χ3v) is 4.58. The molecule has 0 N–H and O–H groups in total. The van der Waals surface area contributed by atoms with Gasteiger partial charge in [-0.25, -0.2) is 0 Å². The molecule has 3 heteroatoms. The van der Waals surface area contributed by atoms with Gasteiger partial charge in [0, 0.05) is 24.5 Å². The van der Waals surface area contributed by atoms with E-state index in [4.69, 9.17) is 0 Å². The average molecular weight is 302 g/mol. The van der Waals surface area contributed by atoms with Crippen LogP contribution in [0.2, 0.25) is 0 Å². The number of amides is 1. The summed E-state index contributed by atoms with van der Waals surface area (Å²) in [7, 11) is 0. The Kier molecular flexibility index (Phi) is 3.54. The summed E-state index contributed by atoms with van der Waals surface area (Å²) in [5, 5.41) is 2.27. The minimum Gasteiger partial charge on any atom is -0.332 e. The van der Waals surface area contributed by atoms with E-state index in [9.17, 15) is 4.79 Å². The summed E-state index contributed by atoms with van der Waals surface area (Å²) in [6.45, 7) is 0.811. The molecule has 1 amide bonds. The van der Waals surface area contributed by atoms with Crippen molar-refractivity contribution in [3.8, 4) is 0 Å². The molecule has 3 aromatic rings. The monoisotopic (exact) mass is 302 g/mol. The van der Waals surface area contributed by atoms with Crippen LogP contribution in [-0.2, 0) is 0 Å². The lowest BCUT2D eigenvalue weighted by Gasteiger charge is -2.25. The van der Waals surface area contributed by atoms with E-state index in [-0.39, 0.29) is 11.9 Å². The number of hydrogen-bond donors (Lipinski definition) is 0. The smallest absolute Gasteiger partial charge is 0.254 e. The Morgan fingerprint density at radius 3 is 2.74 bits per heavy atom. The molecule has 0 saturated carbocycles. The average Bonchev–Trinajstić information content (AvgIpc) is 3.11. The van der Waals surface area contributed by atoms with E-state index in [0.717, 1.165) is 41.3 Å². The van der Waals surface area contributed by atoms with Gasteiger partial charge in [-0.05, 0) is 47.4 Å². The number of pyridine rings is 1. The number of carbonyl (C=O) groups is 1. The van der Waals surface area contributed by atoms with Crippen LogP contribution in [0.4, 0.5) is 0 Å². The molecule has 0 aliphatic carbocycles. The number of hydrogen-bond acceptors (Lipinski definition) is 2. The molecule has 1 aromatic heterocycles. The Labute approximate surface area is 135 Å². The minimum atomic E-state index is 0.113. The summed E-state index contributed by atoms with van der Waals surface area (Å²) in [6.07, 6.45) is 5.69. The van der Waals surface area contributed by atoms with Gasteiger partial charge in [0.2, 0.25) is 0 Å². The first-order valence-electron chi connectivity index (χ1n) is 8.02. The van der Waals surface area contributed by atoms with E-state index in [1.807, 2.05) is 47.5 Å². The van der Waals surface area contributed by atoms with E-state index >= 15 is 0 Å². The number of fused-ring (bicyclic) bond motifs is 1. The number of likely N-dealkylation sites (tertiary alicyclic amines) is 1. The predicted molar refractivity (Wildman–Crippen MR) is 91.2 cm³/mol. The number of benzene rings is 2. The fourth-order valence-corrected chi connectivity index (χ4v) is 3.42. The second-order valence-corrected chi connectivity index (χ2v) is 6.00. The van der Waals surface area contributed by atoms with Crippen molar-refractivity contribution in [3.63, 3.8) is 0 Å². The van der Waals surface area contributed by atoms with Crippen molar-refractivity contribution < 1.29 is 4.79 Å². The van der Waals surface area contributed by atoms with Crippen LogP contribution in [0.3, 0.4) is 0 Å². The molecule has 1 atom stereocenters. The lowest BCUT2D eigenvalue weighted by molar-refractivity contribution is 0.0735. The van der Waals surface area contributed by atoms with Gasteiger partial charge in [-0.1, -0.05) is 36.4 Å². The van der Waals surface area contributed by atoms with Crippen LogP contribution in [0.15, 0.2) is 67.0 Å². The molecule has 23 heavy (non-hydrogen) atoms. The first-order valence-corrected chi connectivity index (χ1v) is 8.02. The van der Waals surface area contributed by atoms with Gasteiger partial charge in [0.1, 0.15) is 0 Å². The van der Waals surface area contributed by atoms with Gasteiger partial charge in [-0.3, -0.25) is 9.78 Å². The highest BCUT2D eigenvalue weighted by Gasteiger charge is 2.30. The van der Waals surface area contributed by atoms with E-state index < -0.39 is 0 Å². The van der Waals surface area contributed by atoms with Gasteiger partial charge in [-0.2, -0.15) is 0 Å². The van der Waals surface area contributed by atoms with Gasteiger partial charge >= 0.3 is 0 Å². The standard InChI is InChI=1S/C20H18N2O/c23-20(17-10-9-15-5-1-2-6-16(15)13-17)22-12-4-8-19(22)18-7-3-11-21-14-18/h1-3,5-7,9-11,13-14,19H,4,8,12H2/t19-/m1/s1. The molecule has 114 valence electrons. The normalized spacial score (nSPS) is 17.6. The summed E-state index contributed by atoms with van der Waals surface area (Å²) < 4.78 is 0. The second kappa shape index (κ2) is 5.84. The van der Waals surface area contributed by atoms with Crippen molar-refractivity contribution >= 4 is 16.7 Å². The quantitative estimate of drug-likeness (QED) is 0.710. The van der Waals surface area contributed by atoms with E-state index in [2.05, 4.69) is 23.2 Å². The zero-order valence-corrected chi connectivity index (χ0v) is 12.9. The van der Waals surface area contributed by atoms with Gasteiger partial charge < -0.3 is 4.90 Å². The summed E-state index contributed by atoms with van der Waals surface area (Å²) in [5.41, 5.74) is 1.89. The topological polar surface area (TPSA) is 33.2 Å². The number of rotatable bonds is 2. The number of aromatic nitrogens is 1. The van der Waals surface area contributed by atoms with Crippen molar-refractivity contribution in [3.05, 3.63) is 78.1 Å². The van der Waals surface area contributed by atoms with Crippen LogP contribution in [0, 0.1) is 0 Å². The highest BCUT2D eigenvalue weighted by molar-refractivity contribution is 5.98.